The van der Waals surface area contributed by atoms with Crippen LogP contribution in [-0.2, 0) is 0 Å². The lowest BCUT2D eigenvalue weighted by molar-refractivity contribution is 0.100. The largest absolute Gasteiger partial charge is 0.313 e. The molecule has 0 amide bonds. The fraction of sp³-hybridized carbons (Fsp3) is 0.440. The van der Waals surface area contributed by atoms with Crippen LogP contribution in [0.2, 0.25) is 0 Å². The molecule has 4 heteroatoms. The minimum atomic E-state index is 0.148. The molecule has 0 radical (unpaired) electrons. The summed E-state index contributed by atoms with van der Waals surface area (Å²) in [5.74, 6) is 1.88. The Morgan fingerprint density at radius 1 is 1.00 bits per heavy atom. The summed E-state index contributed by atoms with van der Waals surface area (Å²) in [5, 5.41) is 0.965. The number of anilines is 1. The molecule has 0 spiro atoms. The molecule has 0 unspecified atom stereocenters. The van der Waals surface area contributed by atoms with Crippen LogP contribution in [0, 0.1) is 6.92 Å². The van der Waals surface area contributed by atoms with Crippen LogP contribution in [0.5, 0.6) is 0 Å². The van der Waals surface area contributed by atoms with Crippen molar-refractivity contribution in [1.82, 2.24) is 0 Å². The zero-order valence-corrected chi connectivity index (χ0v) is 18.1. The molecule has 2 aromatic rings. The lowest BCUT2D eigenvalue weighted by Crippen LogP contribution is -2.35. The Bertz CT molecular complexity index is 851. The molecule has 0 bridgehead atoms. The average molecular weight is 407 g/mol. The third-order valence-corrected chi connectivity index (χ3v) is 7.07. The highest BCUT2D eigenvalue weighted by Crippen LogP contribution is 2.32. The van der Waals surface area contributed by atoms with Gasteiger partial charge in [-0.1, -0.05) is 73.0 Å². The van der Waals surface area contributed by atoms with Gasteiger partial charge in [0.2, 0.25) is 0 Å². The number of aliphatic imine (C=N–C) groups is 1. The summed E-state index contributed by atoms with van der Waals surface area (Å²) in [4.78, 5) is 19.9. The van der Waals surface area contributed by atoms with Crippen molar-refractivity contribution in [3.63, 3.8) is 0 Å². The smallest absolute Gasteiger partial charge is 0.182 e. The summed E-state index contributed by atoms with van der Waals surface area (Å²) in [6, 6.07) is 16.8. The maximum absolute atomic E-state index is 13.1. The molecule has 1 fully saturated rings. The molecule has 4 rings (SSSR count). The normalized spacial score (nSPS) is 17.6. The molecular formula is C25H30N2OS. The van der Waals surface area contributed by atoms with Gasteiger partial charge in [0.25, 0.3) is 0 Å². The van der Waals surface area contributed by atoms with Crippen molar-refractivity contribution in [3.05, 3.63) is 65.2 Å². The number of benzene rings is 2. The van der Waals surface area contributed by atoms with Crippen molar-refractivity contribution in [2.75, 3.05) is 23.7 Å². The van der Waals surface area contributed by atoms with Gasteiger partial charge in [-0.05, 0) is 49.8 Å². The van der Waals surface area contributed by atoms with Gasteiger partial charge in [-0.15, -0.1) is 0 Å². The van der Waals surface area contributed by atoms with Crippen molar-refractivity contribution < 1.29 is 4.79 Å². The number of Topliss-reactive ketones (excluding diaryl/α,β-unsaturated/α-hetero) is 1. The summed E-state index contributed by atoms with van der Waals surface area (Å²) in [6.45, 7) is 3.26. The minimum absolute atomic E-state index is 0.148. The number of hydrogen-bond donors (Lipinski definition) is 0. The van der Waals surface area contributed by atoms with E-state index in [0.717, 1.165) is 35.1 Å². The summed E-state index contributed by atoms with van der Waals surface area (Å²) in [6.07, 6.45) is 7.70. The van der Waals surface area contributed by atoms with Crippen LogP contribution in [0.25, 0.3) is 0 Å². The van der Waals surface area contributed by atoms with Crippen LogP contribution in [0.4, 0.5) is 5.69 Å². The van der Waals surface area contributed by atoms with Crippen molar-refractivity contribution in [3.8, 4) is 0 Å². The van der Waals surface area contributed by atoms with Crippen molar-refractivity contribution in [2.24, 2.45) is 4.99 Å². The van der Waals surface area contributed by atoms with Gasteiger partial charge in [0.05, 0.1) is 6.54 Å². The van der Waals surface area contributed by atoms with Crippen LogP contribution in [-0.4, -0.2) is 29.8 Å². The topological polar surface area (TPSA) is 32.7 Å². The first-order valence-electron chi connectivity index (χ1n) is 10.9. The Kier molecular flexibility index (Phi) is 6.70. The minimum Gasteiger partial charge on any atom is -0.313 e. The van der Waals surface area contributed by atoms with Crippen molar-refractivity contribution in [1.29, 1.82) is 0 Å². The number of rotatable bonds is 5. The molecule has 0 aromatic heterocycles. The van der Waals surface area contributed by atoms with Gasteiger partial charge in [0.15, 0.2) is 11.0 Å². The Labute approximate surface area is 178 Å². The van der Waals surface area contributed by atoms with E-state index in [4.69, 9.17) is 4.99 Å². The highest BCUT2D eigenvalue weighted by molar-refractivity contribution is 8.14. The van der Waals surface area contributed by atoms with Crippen molar-refractivity contribution in [2.45, 2.75) is 51.4 Å². The van der Waals surface area contributed by atoms with Gasteiger partial charge < -0.3 is 4.90 Å². The second-order valence-corrected chi connectivity index (χ2v) is 9.23. The van der Waals surface area contributed by atoms with Gasteiger partial charge in [0.1, 0.15) is 0 Å². The average Bonchev–Trinajstić information content (AvgIpc) is 2.79. The fourth-order valence-electron chi connectivity index (χ4n) is 4.22. The first-order chi connectivity index (χ1) is 14.2. The number of aryl methyl sites for hydroxylation is 1. The third kappa shape index (κ3) is 5.11. The fourth-order valence-corrected chi connectivity index (χ4v) is 5.18. The summed E-state index contributed by atoms with van der Waals surface area (Å²) < 4.78 is 0. The maximum atomic E-state index is 13.1. The van der Waals surface area contributed by atoms with Crippen LogP contribution < -0.4 is 4.90 Å². The Morgan fingerprint density at radius 2 is 1.72 bits per heavy atom. The lowest BCUT2D eigenvalue weighted by atomic mass is 9.84. The molecule has 29 heavy (non-hydrogen) atoms. The number of thioether (sulfide) groups is 1. The van der Waals surface area contributed by atoms with E-state index in [2.05, 4.69) is 48.2 Å². The molecule has 1 heterocycles. The van der Waals surface area contributed by atoms with E-state index in [9.17, 15) is 4.79 Å². The van der Waals surface area contributed by atoms with Gasteiger partial charge in [-0.2, -0.15) is 0 Å². The maximum Gasteiger partial charge on any atom is 0.182 e. The highest BCUT2D eigenvalue weighted by atomic mass is 32.2. The molecule has 2 aliphatic rings. The third-order valence-electron chi connectivity index (χ3n) is 5.97. The Morgan fingerprint density at radius 3 is 2.38 bits per heavy atom. The van der Waals surface area contributed by atoms with E-state index < -0.39 is 0 Å². The Balaban J connectivity index is 1.51. The highest BCUT2D eigenvalue weighted by Gasteiger charge is 2.21. The van der Waals surface area contributed by atoms with Crippen LogP contribution in [0.3, 0.4) is 0 Å². The van der Waals surface area contributed by atoms with Gasteiger partial charge in [-0.3, -0.25) is 9.79 Å². The van der Waals surface area contributed by atoms with E-state index in [-0.39, 0.29) is 5.78 Å². The molecule has 1 aliphatic heterocycles. The van der Waals surface area contributed by atoms with Crippen molar-refractivity contribution >= 4 is 28.4 Å². The number of nitrogens with zero attached hydrogens (tertiary/aromatic N) is 2. The number of carbonyl (C=O) groups excluding carboxylic acids is 1. The Hall–Kier alpha value is -2.07. The predicted molar refractivity (Wildman–Crippen MR) is 125 cm³/mol. The molecule has 3 nitrogen and oxygen atoms in total. The van der Waals surface area contributed by atoms with Gasteiger partial charge in [0, 0.05) is 23.5 Å². The summed E-state index contributed by atoms with van der Waals surface area (Å²) in [7, 11) is 0. The lowest BCUT2D eigenvalue weighted by Gasteiger charge is -2.27. The summed E-state index contributed by atoms with van der Waals surface area (Å²) >= 11 is 1.75. The summed E-state index contributed by atoms with van der Waals surface area (Å²) in [5.41, 5.74) is 4.44. The molecule has 0 atom stereocenters. The second-order valence-electron chi connectivity index (χ2n) is 8.17. The van der Waals surface area contributed by atoms with Crippen LogP contribution in [0.1, 0.15) is 65.9 Å². The number of amidine groups is 1. The van der Waals surface area contributed by atoms with E-state index in [1.54, 1.807) is 11.8 Å². The molecule has 2 aromatic carbocycles. The van der Waals surface area contributed by atoms with Crippen LogP contribution in [0.15, 0.2) is 53.5 Å². The first-order valence-corrected chi connectivity index (χ1v) is 11.8. The zero-order chi connectivity index (χ0) is 20.1. The SMILES string of the molecule is Cc1ccc(N(CC(=O)c2ccc(C3CCCCC3)cc2)C2=NCCCS2)cc1. The number of hydrogen-bond acceptors (Lipinski definition) is 4. The number of ketones is 1. The molecule has 152 valence electrons. The van der Waals surface area contributed by atoms with Gasteiger partial charge in [-0.25, -0.2) is 0 Å². The van der Waals surface area contributed by atoms with E-state index in [1.807, 2.05) is 12.1 Å². The van der Waals surface area contributed by atoms with Gasteiger partial charge >= 0.3 is 0 Å². The number of carbonyl (C=O) groups is 1. The molecule has 1 saturated carbocycles. The monoisotopic (exact) mass is 406 g/mol. The quantitative estimate of drug-likeness (QED) is 0.552. The van der Waals surface area contributed by atoms with E-state index in [1.165, 1.54) is 43.2 Å². The first kappa shape index (κ1) is 20.2. The predicted octanol–water partition coefficient (Wildman–Crippen LogP) is 6.22. The van der Waals surface area contributed by atoms with E-state index >= 15 is 0 Å². The standard InChI is InChI=1S/C25H30N2OS/c1-19-8-14-23(15-9-19)27(25-26-16-5-17-29-25)18-24(28)22-12-10-21(11-13-22)20-6-3-2-4-7-20/h8-15,20H,2-7,16-18H2,1H3. The second kappa shape index (κ2) is 9.62. The molecular weight excluding hydrogens is 376 g/mol. The molecule has 0 N–H and O–H groups in total. The molecule has 1 aliphatic carbocycles. The zero-order valence-electron chi connectivity index (χ0n) is 17.3. The molecule has 0 saturated heterocycles. The van der Waals surface area contributed by atoms with Crippen LogP contribution >= 0.6 is 11.8 Å². The van der Waals surface area contributed by atoms with E-state index in [0.29, 0.717) is 12.5 Å².